The Bertz CT molecular complexity index is 417. The van der Waals surface area contributed by atoms with E-state index >= 15 is 0 Å². The number of carboxylic acids is 1. The molecular formula is C12H19N3O5. The van der Waals surface area contributed by atoms with Gasteiger partial charge >= 0.3 is 12.2 Å². The van der Waals surface area contributed by atoms with Crippen LogP contribution in [0.1, 0.15) is 26.7 Å². The minimum Gasteiger partial charge on any atom is -0.480 e. The van der Waals surface area contributed by atoms with Gasteiger partial charge in [0.05, 0.1) is 12.0 Å². The number of aliphatic carboxylic acids is 1. The van der Waals surface area contributed by atoms with Gasteiger partial charge in [-0.1, -0.05) is 6.92 Å². The first-order chi connectivity index (χ1) is 9.33. The maximum Gasteiger partial charge on any atom is 0.326 e. The van der Waals surface area contributed by atoms with E-state index in [0.717, 1.165) is 0 Å². The first kappa shape index (κ1) is 17.9. The fourth-order valence-corrected chi connectivity index (χ4v) is 1.39. The first-order valence-electron chi connectivity index (χ1n) is 6.09. The summed E-state index contributed by atoms with van der Waals surface area (Å²) in [4.78, 5) is 36.5. The second kappa shape index (κ2) is 8.95. The van der Waals surface area contributed by atoms with Crippen molar-refractivity contribution in [3.05, 3.63) is 5.53 Å². The number of nitrogens with one attached hydrogen (secondary N) is 1. The number of hydrogen-bond donors (Lipinski definition) is 2. The summed E-state index contributed by atoms with van der Waals surface area (Å²) in [6.07, 6.45) is 0.110. The van der Waals surface area contributed by atoms with Crippen LogP contribution in [-0.4, -0.2) is 53.0 Å². The topological polar surface area (TPSA) is 129 Å². The summed E-state index contributed by atoms with van der Waals surface area (Å²) in [7, 11) is 1.45. The Kier molecular flexibility index (Phi) is 8.03. The van der Waals surface area contributed by atoms with Crippen molar-refractivity contribution in [2.45, 2.75) is 38.8 Å². The fraction of sp³-hybridized carbons (Fsp3) is 0.667. The van der Waals surface area contributed by atoms with E-state index in [4.69, 9.17) is 15.4 Å². The molecular weight excluding hydrogens is 266 g/mol. The number of Topliss-reactive ketones (excluding diaryl/α,β-unsaturated/α-hetero) is 1. The molecule has 20 heavy (non-hydrogen) atoms. The van der Waals surface area contributed by atoms with Gasteiger partial charge in [0, 0.05) is 13.5 Å². The largest absolute Gasteiger partial charge is 0.480 e. The Labute approximate surface area is 116 Å². The number of carbonyl (C=O) groups is 3. The van der Waals surface area contributed by atoms with Crippen molar-refractivity contribution in [1.82, 2.24) is 5.32 Å². The molecule has 8 nitrogen and oxygen atoms in total. The van der Waals surface area contributed by atoms with Crippen LogP contribution >= 0.6 is 0 Å². The number of ether oxygens (including phenoxy) is 1. The molecule has 0 spiro atoms. The van der Waals surface area contributed by atoms with Crippen LogP contribution in [0.2, 0.25) is 0 Å². The molecule has 2 N–H and O–H groups in total. The van der Waals surface area contributed by atoms with Crippen LogP contribution in [0, 0.1) is 5.92 Å². The van der Waals surface area contributed by atoms with Gasteiger partial charge in [0.25, 0.3) is 0 Å². The van der Waals surface area contributed by atoms with Crippen molar-refractivity contribution in [3.63, 3.8) is 0 Å². The van der Waals surface area contributed by atoms with E-state index in [1.165, 1.54) is 7.11 Å². The van der Waals surface area contributed by atoms with Crippen LogP contribution in [-0.2, 0) is 19.1 Å². The molecule has 0 aromatic heterocycles. The highest BCUT2D eigenvalue weighted by molar-refractivity contribution is 6.25. The highest BCUT2D eigenvalue weighted by atomic mass is 16.5. The summed E-state index contributed by atoms with van der Waals surface area (Å²) in [6, 6.07) is -1.18. The van der Waals surface area contributed by atoms with Crippen molar-refractivity contribution in [3.8, 4) is 0 Å². The molecule has 112 valence electrons. The number of hydrogen-bond acceptors (Lipinski definition) is 4. The number of amides is 1. The van der Waals surface area contributed by atoms with E-state index in [1.807, 2.05) is 0 Å². The maximum absolute atomic E-state index is 11.8. The molecule has 0 unspecified atom stereocenters. The lowest BCUT2D eigenvalue weighted by atomic mass is 10.0. The predicted octanol–water partition coefficient (Wildman–Crippen LogP) is -0.123. The quantitative estimate of drug-likeness (QED) is 0.346. The second-order valence-corrected chi connectivity index (χ2v) is 4.38. The molecule has 0 saturated heterocycles. The highest BCUT2D eigenvalue weighted by Gasteiger charge is 2.26. The zero-order valence-electron chi connectivity index (χ0n) is 11.7. The molecule has 0 aromatic rings. The highest BCUT2D eigenvalue weighted by Crippen LogP contribution is 2.07. The SMILES string of the molecule is CO[C@H](C)[C@H](C)C(=O)N[C@@H](CCC(=O)C=[N+]=[N-])C(=O)O. The number of rotatable bonds is 9. The summed E-state index contributed by atoms with van der Waals surface area (Å²) in [5.74, 6) is -2.73. The molecule has 0 saturated carbocycles. The Morgan fingerprint density at radius 2 is 2.00 bits per heavy atom. The molecule has 0 aliphatic carbocycles. The Hall–Kier alpha value is -2.05. The van der Waals surface area contributed by atoms with Crippen LogP contribution in [0.15, 0.2) is 0 Å². The lowest BCUT2D eigenvalue weighted by molar-refractivity contribution is -0.143. The normalized spacial score (nSPS) is 14.6. The Balaban J connectivity index is 4.55. The lowest BCUT2D eigenvalue weighted by Crippen LogP contribution is -2.45. The predicted molar refractivity (Wildman–Crippen MR) is 69.1 cm³/mol. The van der Waals surface area contributed by atoms with E-state index < -0.39 is 29.6 Å². The zero-order valence-corrected chi connectivity index (χ0v) is 11.7. The molecule has 0 aliphatic heterocycles. The Morgan fingerprint density at radius 3 is 2.45 bits per heavy atom. The maximum atomic E-state index is 11.8. The smallest absolute Gasteiger partial charge is 0.326 e. The summed E-state index contributed by atoms with van der Waals surface area (Å²) in [6.45, 7) is 3.31. The van der Waals surface area contributed by atoms with Gasteiger partial charge in [-0.3, -0.25) is 9.59 Å². The third-order valence-corrected chi connectivity index (χ3v) is 2.99. The second-order valence-electron chi connectivity index (χ2n) is 4.38. The molecule has 0 heterocycles. The molecule has 3 atom stereocenters. The van der Waals surface area contributed by atoms with Gasteiger partial charge in [0.1, 0.15) is 6.04 Å². The molecule has 1 amide bonds. The van der Waals surface area contributed by atoms with Crippen LogP contribution < -0.4 is 5.32 Å². The average Bonchev–Trinajstić information content (AvgIpc) is 2.41. The monoisotopic (exact) mass is 285 g/mol. The molecule has 0 bridgehead atoms. The number of carbonyl (C=O) groups excluding carboxylic acids is 2. The van der Waals surface area contributed by atoms with Crippen molar-refractivity contribution in [2.75, 3.05) is 7.11 Å². The van der Waals surface area contributed by atoms with Crippen LogP contribution in [0.4, 0.5) is 0 Å². The molecule has 8 heteroatoms. The molecule has 0 rings (SSSR count). The molecule has 0 fully saturated rings. The number of methoxy groups -OCH3 is 1. The average molecular weight is 285 g/mol. The van der Waals surface area contributed by atoms with Crippen LogP contribution in [0.25, 0.3) is 5.53 Å². The van der Waals surface area contributed by atoms with Crippen molar-refractivity contribution in [1.29, 1.82) is 0 Å². The third kappa shape index (κ3) is 6.21. The molecule has 0 radical (unpaired) electrons. The van der Waals surface area contributed by atoms with Crippen LogP contribution in [0.5, 0.6) is 0 Å². The van der Waals surface area contributed by atoms with E-state index in [9.17, 15) is 14.4 Å². The fourth-order valence-electron chi connectivity index (χ4n) is 1.39. The van der Waals surface area contributed by atoms with E-state index in [2.05, 4.69) is 10.1 Å². The van der Waals surface area contributed by atoms with Gasteiger partial charge in [0.2, 0.25) is 11.7 Å². The van der Waals surface area contributed by atoms with E-state index in [-0.39, 0.29) is 18.9 Å². The van der Waals surface area contributed by atoms with Crippen molar-refractivity contribution < 1.29 is 29.0 Å². The standard InChI is InChI=1S/C12H19N3O5/c1-7(8(2)20-3)11(17)15-10(12(18)19)5-4-9(16)6-14-13/h6-8,10H,4-5H2,1-3H3,(H,15,17)(H,18,19)/t7-,8+,10-/m0/s1. The zero-order chi connectivity index (χ0) is 15.7. The molecule has 0 aliphatic rings. The lowest BCUT2D eigenvalue weighted by Gasteiger charge is -2.20. The van der Waals surface area contributed by atoms with Gasteiger partial charge in [-0.05, 0) is 13.3 Å². The van der Waals surface area contributed by atoms with Gasteiger partial charge in [0.15, 0.2) is 0 Å². The number of carboxylic acid groups (broad SMARTS) is 1. The minimum absolute atomic E-state index is 0.0833. The van der Waals surface area contributed by atoms with Gasteiger partial charge in [-0.2, -0.15) is 4.79 Å². The van der Waals surface area contributed by atoms with Crippen LogP contribution in [0.3, 0.4) is 0 Å². The first-order valence-corrected chi connectivity index (χ1v) is 6.09. The number of ketones is 1. The summed E-state index contributed by atoms with van der Waals surface area (Å²) in [5.41, 5.74) is 8.17. The summed E-state index contributed by atoms with van der Waals surface area (Å²) >= 11 is 0. The number of nitrogens with zero attached hydrogens (tertiary/aromatic N) is 2. The van der Waals surface area contributed by atoms with E-state index in [1.54, 1.807) is 13.8 Å². The van der Waals surface area contributed by atoms with Gasteiger partial charge < -0.3 is 20.7 Å². The van der Waals surface area contributed by atoms with Gasteiger partial charge in [-0.15, -0.1) is 0 Å². The molecule has 0 aromatic carbocycles. The third-order valence-electron chi connectivity index (χ3n) is 2.99. The summed E-state index contributed by atoms with van der Waals surface area (Å²) in [5, 5.41) is 11.4. The Morgan fingerprint density at radius 1 is 1.40 bits per heavy atom. The minimum atomic E-state index is -1.23. The van der Waals surface area contributed by atoms with Crippen molar-refractivity contribution in [2.24, 2.45) is 5.92 Å². The van der Waals surface area contributed by atoms with E-state index in [0.29, 0.717) is 6.21 Å². The summed E-state index contributed by atoms with van der Waals surface area (Å²) < 4.78 is 5.00. The van der Waals surface area contributed by atoms with Gasteiger partial charge in [-0.25, -0.2) is 4.79 Å². The van der Waals surface area contributed by atoms with Crippen molar-refractivity contribution >= 4 is 23.9 Å².